The van der Waals surface area contributed by atoms with E-state index < -0.39 is 3.79 Å². The van der Waals surface area contributed by atoms with Crippen molar-refractivity contribution in [3.8, 4) is 5.75 Å². The van der Waals surface area contributed by atoms with Crippen molar-refractivity contribution in [1.29, 1.82) is 0 Å². The normalized spacial score (nSPS) is 13.3. The maximum absolute atomic E-state index is 5.77. The fourth-order valence-electron chi connectivity index (χ4n) is 2.01. The van der Waals surface area contributed by atoms with Crippen LogP contribution in [0.15, 0.2) is 47.6 Å². The summed E-state index contributed by atoms with van der Waals surface area (Å²) in [6.07, 6.45) is 6.59. The second-order valence-corrected chi connectivity index (χ2v) is 8.38. The first-order valence-corrected chi connectivity index (χ1v) is 9.27. The SMILES string of the molecule is CC(=CCOc1ccc(CS)cc1)CCC=C(C)CC(Cl)(Cl)Cl. The molecule has 1 aromatic rings. The van der Waals surface area contributed by atoms with E-state index in [1.54, 1.807) is 0 Å². The van der Waals surface area contributed by atoms with Crippen molar-refractivity contribution in [3.05, 3.63) is 53.1 Å². The number of rotatable bonds is 8. The van der Waals surface area contributed by atoms with Crippen molar-refractivity contribution < 1.29 is 4.74 Å². The average molecular weight is 394 g/mol. The van der Waals surface area contributed by atoms with Crippen LogP contribution in [0.1, 0.15) is 38.7 Å². The molecule has 128 valence electrons. The summed E-state index contributed by atoms with van der Waals surface area (Å²) in [5.41, 5.74) is 3.57. The zero-order valence-electron chi connectivity index (χ0n) is 13.5. The van der Waals surface area contributed by atoms with Crippen LogP contribution in [0.2, 0.25) is 0 Å². The molecule has 0 unspecified atom stereocenters. The Kier molecular flexibility index (Phi) is 9.53. The lowest BCUT2D eigenvalue weighted by Crippen LogP contribution is -2.01. The van der Waals surface area contributed by atoms with Crippen LogP contribution in [-0.2, 0) is 5.75 Å². The predicted octanol–water partition coefficient (Wildman–Crippen LogP) is 6.93. The van der Waals surface area contributed by atoms with E-state index in [0.29, 0.717) is 13.0 Å². The Hall–Kier alpha value is -0.280. The lowest BCUT2D eigenvalue weighted by atomic mass is 10.1. The molecule has 0 amide bonds. The Morgan fingerprint density at radius 2 is 1.74 bits per heavy atom. The molecule has 0 aliphatic carbocycles. The molecule has 0 atom stereocenters. The van der Waals surface area contributed by atoms with Crippen LogP contribution in [0, 0.1) is 0 Å². The fraction of sp³-hybridized carbons (Fsp3) is 0.444. The van der Waals surface area contributed by atoms with Gasteiger partial charge < -0.3 is 4.74 Å². The highest BCUT2D eigenvalue weighted by Crippen LogP contribution is 2.33. The number of halogens is 3. The van der Waals surface area contributed by atoms with E-state index in [4.69, 9.17) is 39.5 Å². The van der Waals surface area contributed by atoms with Crippen molar-refractivity contribution in [2.45, 2.75) is 42.7 Å². The molecule has 1 nitrogen and oxygen atoms in total. The van der Waals surface area contributed by atoms with Crippen molar-refractivity contribution in [2.75, 3.05) is 6.61 Å². The molecular weight excluding hydrogens is 371 g/mol. The third kappa shape index (κ3) is 10.2. The average Bonchev–Trinajstić information content (AvgIpc) is 2.46. The number of alkyl halides is 3. The van der Waals surface area contributed by atoms with Crippen molar-refractivity contribution >= 4 is 47.4 Å². The summed E-state index contributed by atoms with van der Waals surface area (Å²) in [6, 6.07) is 7.99. The summed E-state index contributed by atoms with van der Waals surface area (Å²) < 4.78 is 4.49. The number of thiol groups is 1. The predicted molar refractivity (Wildman–Crippen MR) is 106 cm³/mol. The van der Waals surface area contributed by atoms with Gasteiger partial charge in [0.2, 0.25) is 0 Å². The van der Waals surface area contributed by atoms with E-state index in [1.165, 1.54) is 11.1 Å². The molecule has 0 radical (unpaired) electrons. The molecule has 0 heterocycles. The zero-order valence-corrected chi connectivity index (χ0v) is 16.7. The van der Waals surface area contributed by atoms with Gasteiger partial charge >= 0.3 is 0 Å². The van der Waals surface area contributed by atoms with Gasteiger partial charge in [-0.3, -0.25) is 0 Å². The molecule has 0 aliphatic rings. The van der Waals surface area contributed by atoms with Gasteiger partial charge in [-0.1, -0.05) is 64.2 Å². The Balaban J connectivity index is 2.32. The van der Waals surface area contributed by atoms with Crippen LogP contribution >= 0.6 is 47.4 Å². The van der Waals surface area contributed by atoms with Crippen molar-refractivity contribution in [1.82, 2.24) is 0 Å². The van der Waals surface area contributed by atoms with Gasteiger partial charge in [0.25, 0.3) is 0 Å². The number of benzene rings is 1. The maximum Gasteiger partial charge on any atom is 0.194 e. The molecule has 0 N–H and O–H groups in total. The van der Waals surface area contributed by atoms with E-state index in [2.05, 4.69) is 31.7 Å². The Labute approximate surface area is 160 Å². The lowest BCUT2D eigenvalue weighted by Gasteiger charge is -2.10. The monoisotopic (exact) mass is 392 g/mol. The van der Waals surface area contributed by atoms with Gasteiger partial charge in [-0.15, -0.1) is 0 Å². The molecule has 0 fully saturated rings. The zero-order chi connectivity index (χ0) is 17.3. The quantitative estimate of drug-likeness (QED) is 0.286. The molecule has 1 rings (SSSR count). The molecule has 0 spiro atoms. The molecule has 1 aromatic carbocycles. The Morgan fingerprint density at radius 3 is 2.30 bits per heavy atom. The van der Waals surface area contributed by atoms with Crippen LogP contribution in [0.3, 0.4) is 0 Å². The Bertz CT molecular complexity index is 530. The summed E-state index contributed by atoms with van der Waals surface area (Å²) in [4.78, 5) is 0. The van der Waals surface area contributed by atoms with E-state index in [0.717, 1.165) is 29.9 Å². The van der Waals surface area contributed by atoms with Gasteiger partial charge in [-0.2, -0.15) is 12.6 Å². The molecule has 23 heavy (non-hydrogen) atoms. The molecule has 0 saturated carbocycles. The van der Waals surface area contributed by atoms with E-state index in [1.807, 2.05) is 31.2 Å². The molecular formula is C18H23Cl3OS. The van der Waals surface area contributed by atoms with Crippen LogP contribution in [0.4, 0.5) is 0 Å². The molecule has 0 aromatic heterocycles. The van der Waals surface area contributed by atoms with E-state index in [-0.39, 0.29) is 0 Å². The third-order valence-electron chi connectivity index (χ3n) is 3.30. The molecule has 0 bridgehead atoms. The topological polar surface area (TPSA) is 9.23 Å². The minimum absolute atomic E-state index is 0.464. The standard InChI is InChI=1S/C18H23Cl3OS/c1-14(4-3-5-15(2)12-18(19,20)21)10-11-22-17-8-6-16(13-23)7-9-17/h5-10,23H,3-4,11-13H2,1-2H3. The number of ether oxygens (including phenoxy) is 1. The first kappa shape index (κ1) is 20.8. The largest absolute Gasteiger partial charge is 0.490 e. The van der Waals surface area contributed by atoms with Gasteiger partial charge in [0.15, 0.2) is 3.79 Å². The fourth-order valence-corrected chi connectivity index (χ4v) is 2.85. The van der Waals surface area contributed by atoms with E-state index >= 15 is 0 Å². The minimum Gasteiger partial charge on any atom is -0.490 e. The van der Waals surface area contributed by atoms with Crippen LogP contribution in [-0.4, -0.2) is 10.4 Å². The van der Waals surface area contributed by atoms with Crippen LogP contribution in [0.5, 0.6) is 5.75 Å². The summed E-state index contributed by atoms with van der Waals surface area (Å²) in [7, 11) is 0. The number of hydrogen-bond donors (Lipinski definition) is 1. The Morgan fingerprint density at radius 1 is 1.09 bits per heavy atom. The summed E-state index contributed by atoms with van der Waals surface area (Å²) in [6.45, 7) is 4.66. The summed E-state index contributed by atoms with van der Waals surface area (Å²) >= 11 is 21.6. The van der Waals surface area contributed by atoms with Crippen LogP contribution < -0.4 is 4.74 Å². The second kappa shape index (κ2) is 10.6. The maximum atomic E-state index is 5.77. The third-order valence-corrected chi connectivity index (χ3v) is 4.06. The summed E-state index contributed by atoms with van der Waals surface area (Å²) in [5.74, 6) is 1.61. The lowest BCUT2D eigenvalue weighted by molar-refractivity contribution is 0.361. The van der Waals surface area contributed by atoms with Gasteiger partial charge in [-0.05, 0) is 50.5 Å². The minimum atomic E-state index is -1.21. The van der Waals surface area contributed by atoms with Gasteiger partial charge in [0.05, 0.1) is 0 Å². The first-order chi connectivity index (χ1) is 10.8. The van der Waals surface area contributed by atoms with Crippen LogP contribution in [0.25, 0.3) is 0 Å². The van der Waals surface area contributed by atoms with Gasteiger partial charge in [0, 0.05) is 12.2 Å². The number of hydrogen-bond acceptors (Lipinski definition) is 2. The molecule has 0 aliphatic heterocycles. The van der Waals surface area contributed by atoms with Gasteiger partial charge in [0.1, 0.15) is 12.4 Å². The van der Waals surface area contributed by atoms with E-state index in [9.17, 15) is 0 Å². The van der Waals surface area contributed by atoms with Crippen molar-refractivity contribution in [3.63, 3.8) is 0 Å². The molecule has 0 saturated heterocycles. The highest BCUT2D eigenvalue weighted by Gasteiger charge is 2.19. The van der Waals surface area contributed by atoms with Crippen molar-refractivity contribution in [2.24, 2.45) is 0 Å². The first-order valence-electron chi connectivity index (χ1n) is 7.51. The highest BCUT2D eigenvalue weighted by atomic mass is 35.6. The van der Waals surface area contributed by atoms with Gasteiger partial charge in [-0.25, -0.2) is 0 Å². The smallest absolute Gasteiger partial charge is 0.194 e. The number of allylic oxidation sites excluding steroid dienone is 3. The highest BCUT2D eigenvalue weighted by molar-refractivity contribution is 7.79. The second-order valence-electron chi connectivity index (χ2n) is 5.54. The summed E-state index contributed by atoms with van der Waals surface area (Å²) in [5, 5.41) is 0. The molecule has 5 heteroatoms.